The van der Waals surface area contributed by atoms with E-state index < -0.39 is 0 Å². The SMILES string of the molecule is CC(C)(CCC(C)(C)c1ncc(CC(C)(C)c2ccn[nH]2)[nH]1)c1cnc[nH]1. The molecule has 0 spiro atoms. The Labute approximate surface area is 161 Å². The van der Waals surface area contributed by atoms with E-state index in [2.05, 4.69) is 66.7 Å². The number of hydrogen-bond donors (Lipinski definition) is 3. The van der Waals surface area contributed by atoms with Crippen LogP contribution in [0.25, 0.3) is 0 Å². The van der Waals surface area contributed by atoms with Crippen molar-refractivity contribution in [3.05, 3.63) is 53.9 Å². The van der Waals surface area contributed by atoms with Crippen molar-refractivity contribution in [2.75, 3.05) is 0 Å². The van der Waals surface area contributed by atoms with Gasteiger partial charge in [0.25, 0.3) is 0 Å². The van der Waals surface area contributed by atoms with Gasteiger partial charge in [0.2, 0.25) is 0 Å². The van der Waals surface area contributed by atoms with Crippen LogP contribution in [0.2, 0.25) is 0 Å². The summed E-state index contributed by atoms with van der Waals surface area (Å²) >= 11 is 0. The number of hydrogen-bond acceptors (Lipinski definition) is 3. The minimum Gasteiger partial charge on any atom is -0.348 e. The highest BCUT2D eigenvalue weighted by Crippen LogP contribution is 2.34. The Morgan fingerprint density at radius 1 is 0.889 bits per heavy atom. The molecule has 0 radical (unpaired) electrons. The van der Waals surface area contributed by atoms with E-state index in [1.54, 1.807) is 12.5 Å². The average Bonchev–Trinajstić information content (AvgIpc) is 3.32. The summed E-state index contributed by atoms with van der Waals surface area (Å²) in [4.78, 5) is 15.7. The molecule has 0 saturated heterocycles. The highest BCUT2D eigenvalue weighted by Gasteiger charge is 2.30. The van der Waals surface area contributed by atoms with Gasteiger partial charge in [0.1, 0.15) is 5.82 Å². The third-order valence-electron chi connectivity index (χ3n) is 5.73. The molecule has 0 aliphatic heterocycles. The molecule has 27 heavy (non-hydrogen) atoms. The van der Waals surface area contributed by atoms with Crippen LogP contribution in [0.3, 0.4) is 0 Å². The second-order valence-corrected chi connectivity index (χ2v) is 9.52. The maximum Gasteiger partial charge on any atom is 0.111 e. The summed E-state index contributed by atoms with van der Waals surface area (Å²) in [5, 5.41) is 7.18. The van der Waals surface area contributed by atoms with E-state index in [0.29, 0.717) is 0 Å². The van der Waals surface area contributed by atoms with E-state index in [0.717, 1.165) is 36.5 Å². The smallest absolute Gasteiger partial charge is 0.111 e. The number of imidazole rings is 2. The molecular weight excluding hydrogens is 336 g/mol. The zero-order valence-corrected chi connectivity index (χ0v) is 17.3. The van der Waals surface area contributed by atoms with Gasteiger partial charge in [-0.15, -0.1) is 0 Å². The van der Waals surface area contributed by atoms with Crippen LogP contribution in [0.1, 0.15) is 77.3 Å². The summed E-state index contributed by atoms with van der Waals surface area (Å²) in [7, 11) is 0. The van der Waals surface area contributed by atoms with Crippen molar-refractivity contribution >= 4 is 0 Å². The molecular formula is C21H32N6. The molecule has 3 aromatic rings. The van der Waals surface area contributed by atoms with Crippen molar-refractivity contribution in [3.8, 4) is 0 Å². The van der Waals surface area contributed by atoms with E-state index in [-0.39, 0.29) is 16.2 Å². The fourth-order valence-corrected chi connectivity index (χ4v) is 3.50. The minimum atomic E-state index is -0.0208. The lowest BCUT2D eigenvalue weighted by Crippen LogP contribution is -2.26. The maximum absolute atomic E-state index is 4.72. The lowest BCUT2D eigenvalue weighted by molar-refractivity contribution is 0.359. The number of aromatic amines is 3. The maximum atomic E-state index is 4.72. The van der Waals surface area contributed by atoms with Crippen molar-refractivity contribution in [2.45, 2.75) is 77.0 Å². The first-order valence-electron chi connectivity index (χ1n) is 9.63. The zero-order valence-electron chi connectivity index (χ0n) is 17.3. The van der Waals surface area contributed by atoms with Gasteiger partial charge in [-0.05, 0) is 25.3 Å². The predicted molar refractivity (Wildman–Crippen MR) is 108 cm³/mol. The molecule has 0 atom stereocenters. The van der Waals surface area contributed by atoms with E-state index in [9.17, 15) is 0 Å². The van der Waals surface area contributed by atoms with Crippen molar-refractivity contribution in [3.63, 3.8) is 0 Å². The number of H-pyrrole nitrogens is 3. The molecule has 3 N–H and O–H groups in total. The quantitative estimate of drug-likeness (QED) is 0.550. The van der Waals surface area contributed by atoms with Crippen molar-refractivity contribution < 1.29 is 0 Å². The van der Waals surface area contributed by atoms with E-state index in [1.165, 1.54) is 5.69 Å². The predicted octanol–water partition coefficient (Wildman–Crippen LogP) is 4.41. The van der Waals surface area contributed by atoms with Crippen LogP contribution in [-0.2, 0) is 22.7 Å². The third kappa shape index (κ3) is 4.31. The van der Waals surface area contributed by atoms with Gasteiger partial charge in [-0.1, -0.05) is 41.5 Å². The van der Waals surface area contributed by atoms with Crippen LogP contribution >= 0.6 is 0 Å². The fourth-order valence-electron chi connectivity index (χ4n) is 3.50. The van der Waals surface area contributed by atoms with Gasteiger partial charge in [0.05, 0.1) is 6.33 Å². The molecule has 0 fully saturated rings. The molecule has 0 bridgehead atoms. The number of nitrogens with one attached hydrogen (secondary N) is 3. The summed E-state index contributed by atoms with van der Waals surface area (Å²) in [6.07, 6.45) is 10.4. The van der Waals surface area contributed by atoms with Crippen LogP contribution in [0.4, 0.5) is 0 Å². The normalized spacial score (nSPS) is 13.3. The summed E-state index contributed by atoms with van der Waals surface area (Å²) < 4.78 is 0. The van der Waals surface area contributed by atoms with Gasteiger partial charge in [-0.25, -0.2) is 9.97 Å². The second kappa shape index (κ2) is 6.98. The molecule has 6 nitrogen and oxygen atoms in total. The Hall–Kier alpha value is -2.37. The van der Waals surface area contributed by atoms with Gasteiger partial charge in [0.15, 0.2) is 0 Å². The highest BCUT2D eigenvalue weighted by molar-refractivity contribution is 5.19. The molecule has 6 heteroatoms. The zero-order chi connectivity index (χ0) is 19.7. The lowest BCUT2D eigenvalue weighted by atomic mass is 9.77. The van der Waals surface area contributed by atoms with Crippen LogP contribution < -0.4 is 0 Å². The monoisotopic (exact) mass is 368 g/mol. The first-order chi connectivity index (χ1) is 12.6. The topological polar surface area (TPSA) is 86.0 Å². The summed E-state index contributed by atoms with van der Waals surface area (Å²) in [5.74, 6) is 1.05. The van der Waals surface area contributed by atoms with Gasteiger partial charge in [-0.3, -0.25) is 5.10 Å². The molecule has 146 valence electrons. The molecule has 0 aromatic carbocycles. The highest BCUT2D eigenvalue weighted by atomic mass is 15.1. The lowest BCUT2D eigenvalue weighted by Gasteiger charge is -2.29. The van der Waals surface area contributed by atoms with Gasteiger partial charge in [-0.2, -0.15) is 5.10 Å². The van der Waals surface area contributed by atoms with Crippen molar-refractivity contribution in [1.29, 1.82) is 0 Å². The van der Waals surface area contributed by atoms with Crippen LogP contribution in [0, 0.1) is 0 Å². The Bertz CT molecular complexity index is 837. The van der Waals surface area contributed by atoms with E-state index in [4.69, 9.17) is 4.98 Å². The number of aromatic nitrogens is 6. The van der Waals surface area contributed by atoms with Gasteiger partial charge >= 0.3 is 0 Å². The van der Waals surface area contributed by atoms with E-state index >= 15 is 0 Å². The van der Waals surface area contributed by atoms with Crippen LogP contribution in [0.5, 0.6) is 0 Å². The first-order valence-corrected chi connectivity index (χ1v) is 9.63. The van der Waals surface area contributed by atoms with Crippen molar-refractivity contribution in [1.82, 2.24) is 30.1 Å². The Kier molecular flexibility index (Phi) is 5.02. The molecule has 0 saturated carbocycles. The summed E-state index contributed by atoms with van der Waals surface area (Å²) in [5.41, 5.74) is 3.50. The average molecular weight is 369 g/mol. The summed E-state index contributed by atoms with van der Waals surface area (Å²) in [6, 6.07) is 2.04. The third-order valence-corrected chi connectivity index (χ3v) is 5.73. The van der Waals surface area contributed by atoms with Crippen molar-refractivity contribution in [2.24, 2.45) is 0 Å². The molecule has 0 aliphatic carbocycles. The van der Waals surface area contributed by atoms with Gasteiger partial charge in [0, 0.05) is 51.9 Å². The molecule has 0 aliphatic rings. The van der Waals surface area contributed by atoms with Crippen LogP contribution in [0.15, 0.2) is 31.0 Å². The molecule has 0 unspecified atom stereocenters. The minimum absolute atomic E-state index is 0.0202. The Balaban J connectivity index is 1.67. The van der Waals surface area contributed by atoms with E-state index in [1.807, 2.05) is 18.5 Å². The Morgan fingerprint density at radius 3 is 2.26 bits per heavy atom. The first kappa shape index (κ1) is 19.4. The molecule has 3 heterocycles. The number of nitrogens with zero attached hydrogens (tertiary/aromatic N) is 3. The fraction of sp³-hybridized carbons (Fsp3) is 0.571. The largest absolute Gasteiger partial charge is 0.348 e. The molecule has 3 rings (SSSR count). The standard InChI is InChI=1S/C21H32N6/c1-19(2,17-13-22-14-24-17)8-9-20(3,4)18-23-12-15(26-18)11-21(5,6)16-7-10-25-27-16/h7,10,12-14H,8-9,11H2,1-6H3,(H,22,24)(H,23,26)(H,25,27). The van der Waals surface area contributed by atoms with Gasteiger partial charge < -0.3 is 9.97 Å². The van der Waals surface area contributed by atoms with Crippen LogP contribution in [-0.4, -0.2) is 30.1 Å². The Morgan fingerprint density at radius 2 is 1.63 bits per heavy atom. The summed E-state index contributed by atoms with van der Waals surface area (Å²) in [6.45, 7) is 13.5. The number of rotatable bonds is 8. The molecule has 3 aromatic heterocycles. The molecule has 0 amide bonds. The second-order valence-electron chi connectivity index (χ2n) is 9.52.